The second kappa shape index (κ2) is 8.66. The van der Waals surface area contributed by atoms with Gasteiger partial charge in [0.15, 0.2) is 0 Å². The number of halogens is 1. The number of rotatable bonds is 8. The Morgan fingerprint density at radius 2 is 1.86 bits per heavy atom. The zero-order chi connectivity index (χ0) is 20.2. The molecule has 0 unspecified atom stereocenters. The Morgan fingerprint density at radius 1 is 1.14 bits per heavy atom. The van der Waals surface area contributed by atoms with Crippen LogP contribution in [0.15, 0.2) is 52.9 Å². The van der Waals surface area contributed by atoms with Crippen molar-refractivity contribution in [2.75, 3.05) is 7.11 Å². The van der Waals surface area contributed by atoms with E-state index in [0.29, 0.717) is 36.2 Å². The van der Waals surface area contributed by atoms with Crippen LogP contribution in [0.4, 0.5) is 0 Å². The van der Waals surface area contributed by atoms with Gasteiger partial charge >= 0.3 is 0 Å². The van der Waals surface area contributed by atoms with Crippen LogP contribution in [0.5, 0.6) is 5.75 Å². The number of hydrogen-bond donors (Lipinski definition) is 0. The molecule has 0 aliphatic heterocycles. The lowest BCUT2D eigenvalue weighted by atomic mass is 10.1. The van der Waals surface area contributed by atoms with E-state index in [9.17, 15) is 4.79 Å². The first kappa shape index (κ1) is 19.5. The molecule has 6 nitrogen and oxygen atoms in total. The number of amides is 1. The maximum absolute atomic E-state index is 12.8. The fourth-order valence-corrected chi connectivity index (χ4v) is 3.29. The number of ether oxygens (including phenoxy) is 1. The van der Waals surface area contributed by atoms with Crippen molar-refractivity contribution in [3.8, 4) is 17.2 Å². The zero-order valence-electron chi connectivity index (χ0n) is 16.2. The molecule has 0 radical (unpaired) electrons. The zero-order valence-corrected chi connectivity index (χ0v) is 16.9. The maximum atomic E-state index is 12.8. The standard InChI is InChI=1S/C22H22ClN3O3/c1-28-19-11-2-15(3-12-19)4-13-21(27)26(18-9-10-18)14-20-24-25-22(29-20)16-5-7-17(23)8-6-16/h2-3,5-8,11-12,18H,4,9-10,13-14H2,1H3. The fraction of sp³-hybridized carbons (Fsp3) is 0.318. The molecule has 150 valence electrons. The van der Waals surface area contributed by atoms with Gasteiger partial charge in [0.2, 0.25) is 17.7 Å². The molecule has 0 bridgehead atoms. The smallest absolute Gasteiger partial charge is 0.247 e. The van der Waals surface area contributed by atoms with Crippen molar-refractivity contribution < 1.29 is 13.9 Å². The Labute approximate surface area is 174 Å². The van der Waals surface area contributed by atoms with Crippen LogP contribution < -0.4 is 4.74 Å². The first-order valence-electron chi connectivity index (χ1n) is 9.63. The number of hydrogen-bond acceptors (Lipinski definition) is 5. The second-order valence-corrected chi connectivity index (χ2v) is 7.55. The van der Waals surface area contributed by atoms with Crippen LogP contribution in [-0.2, 0) is 17.8 Å². The van der Waals surface area contributed by atoms with Gasteiger partial charge in [-0.05, 0) is 61.2 Å². The third-order valence-electron chi connectivity index (χ3n) is 4.96. The molecule has 1 saturated carbocycles. The van der Waals surface area contributed by atoms with Crippen LogP contribution in [0.1, 0.15) is 30.7 Å². The molecule has 7 heteroatoms. The molecule has 0 saturated heterocycles. The summed E-state index contributed by atoms with van der Waals surface area (Å²) in [6.07, 6.45) is 3.17. The SMILES string of the molecule is COc1ccc(CCC(=O)N(Cc2nnc(-c3ccc(Cl)cc3)o2)C2CC2)cc1. The van der Waals surface area contributed by atoms with E-state index in [1.165, 1.54) is 0 Å². The van der Waals surface area contributed by atoms with E-state index in [4.69, 9.17) is 20.8 Å². The third kappa shape index (κ3) is 4.95. The summed E-state index contributed by atoms with van der Waals surface area (Å²) in [5, 5.41) is 8.88. The predicted octanol–water partition coefficient (Wildman–Crippen LogP) is 4.52. The van der Waals surface area contributed by atoms with Gasteiger partial charge in [-0.3, -0.25) is 4.79 Å². The lowest BCUT2D eigenvalue weighted by Gasteiger charge is -2.20. The minimum absolute atomic E-state index is 0.106. The highest BCUT2D eigenvalue weighted by atomic mass is 35.5. The molecule has 3 aromatic rings. The molecule has 0 atom stereocenters. The van der Waals surface area contributed by atoms with Crippen LogP contribution in [0, 0.1) is 0 Å². The minimum atomic E-state index is 0.106. The van der Waals surface area contributed by atoms with Crippen molar-refractivity contribution in [1.29, 1.82) is 0 Å². The Balaban J connectivity index is 1.39. The molecular weight excluding hydrogens is 390 g/mol. The summed E-state index contributed by atoms with van der Waals surface area (Å²) in [4.78, 5) is 14.7. The summed E-state index contributed by atoms with van der Waals surface area (Å²) in [6.45, 7) is 0.340. The first-order chi connectivity index (χ1) is 14.1. The maximum Gasteiger partial charge on any atom is 0.247 e. The molecule has 1 aliphatic rings. The van der Waals surface area contributed by atoms with Crippen molar-refractivity contribution in [2.45, 2.75) is 38.3 Å². The topological polar surface area (TPSA) is 68.5 Å². The third-order valence-corrected chi connectivity index (χ3v) is 5.21. The van der Waals surface area contributed by atoms with Gasteiger partial charge in [0.25, 0.3) is 0 Å². The van der Waals surface area contributed by atoms with Crippen molar-refractivity contribution in [2.24, 2.45) is 0 Å². The Hall–Kier alpha value is -2.86. The summed E-state index contributed by atoms with van der Waals surface area (Å²) in [5.41, 5.74) is 1.91. The van der Waals surface area contributed by atoms with Crippen LogP contribution in [-0.4, -0.2) is 34.2 Å². The van der Waals surface area contributed by atoms with Gasteiger partial charge in [-0.15, -0.1) is 10.2 Å². The molecule has 0 spiro atoms. The number of aromatic nitrogens is 2. The summed E-state index contributed by atoms with van der Waals surface area (Å²) in [6, 6.07) is 15.3. The molecule has 1 amide bonds. The molecule has 4 rings (SSSR count). The minimum Gasteiger partial charge on any atom is -0.497 e. The van der Waals surface area contributed by atoms with E-state index in [0.717, 1.165) is 29.7 Å². The quantitative estimate of drug-likeness (QED) is 0.545. The molecule has 1 heterocycles. The van der Waals surface area contributed by atoms with Crippen molar-refractivity contribution in [3.63, 3.8) is 0 Å². The van der Waals surface area contributed by atoms with E-state index >= 15 is 0 Å². The molecule has 1 aromatic heterocycles. The van der Waals surface area contributed by atoms with Crippen LogP contribution in [0.25, 0.3) is 11.5 Å². The van der Waals surface area contributed by atoms with E-state index in [2.05, 4.69) is 10.2 Å². The lowest BCUT2D eigenvalue weighted by Crippen LogP contribution is -2.32. The molecule has 1 fully saturated rings. The van der Waals surface area contributed by atoms with Crippen LogP contribution in [0.3, 0.4) is 0 Å². The normalized spacial score (nSPS) is 13.3. The fourth-order valence-electron chi connectivity index (χ4n) is 3.17. The summed E-state index contributed by atoms with van der Waals surface area (Å²) in [7, 11) is 1.64. The molecule has 29 heavy (non-hydrogen) atoms. The Bertz CT molecular complexity index is 966. The van der Waals surface area contributed by atoms with E-state index < -0.39 is 0 Å². The van der Waals surface area contributed by atoms with Gasteiger partial charge in [0, 0.05) is 23.0 Å². The van der Waals surface area contributed by atoms with Crippen LogP contribution in [0.2, 0.25) is 5.02 Å². The Kier molecular flexibility index (Phi) is 5.81. The average molecular weight is 412 g/mol. The first-order valence-corrected chi connectivity index (χ1v) is 10.0. The number of carbonyl (C=O) groups is 1. The number of benzene rings is 2. The second-order valence-electron chi connectivity index (χ2n) is 7.11. The molecule has 1 aliphatic carbocycles. The highest BCUT2D eigenvalue weighted by Gasteiger charge is 2.33. The van der Waals surface area contributed by atoms with E-state index in [-0.39, 0.29) is 11.9 Å². The number of nitrogens with zero attached hydrogens (tertiary/aromatic N) is 3. The van der Waals surface area contributed by atoms with Gasteiger partial charge in [0.05, 0.1) is 13.7 Å². The average Bonchev–Trinajstić information content (AvgIpc) is 3.49. The number of methoxy groups -OCH3 is 1. The molecular formula is C22H22ClN3O3. The summed E-state index contributed by atoms with van der Waals surface area (Å²) < 4.78 is 11.0. The largest absolute Gasteiger partial charge is 0.497 e. The summed E-state index contributed by atoms with van der Waals surface area (Å²) in [5.74, 6) is 1.79. The number of carbonyl (C=O) groups excluding carboxylic acids is 1. The molecule has 2 aromatic carbocycles. The highest BCUT2D eigenvalue weighted by molar-refractivity contribution is 6.30. The summed E-state index contributed by atoms with van der Waals surface area (Å²) >= 11 is 5.92. The van der Waals surface area contributed by atoms with Crippen LogP contribution >= 0.6 is 11.6 Å². The van der Waals surface area contributed by atoms with Gasteiger partial charge < -0.3 is 14.1 Å². The monoisotopic (exact) mass is 411 g/mol. The predicted molar refractivity (Wildman–Crippen MR) is 110 cm³/mol. The lowest BCUT2D eigenvalue weighted by molar-refractivity contribution is -0.132. The van der Waals surface area contributed by atoms with Gasteiger partial charge in [-0.25, -0.2) is 0 Å². The van der Waals surface area contributed by atoms with Crippen molar-refractivity contribution in [3.05, 3.63) is 65.0 Å². The van der Waals surface area contributed by atoms with Crippen molar-refractivity contribution in [1.82, 2.24) is 15.1 Å². The van der Waals surface area contributed by atoms with Gasteiger partial charge in [-0.1, -0.05) is 23.7 Å². The van der Waals surface area contributed by atoms with Gasteiger partial charge in [0.1, 0.15) is 5.75 Å². The molecule has 0 N–H and O–H groups in total. The Morgan fingerprint density at radius 3 is 2.52 bits per heavy atom. The van der Waals surface area contributed by atoms with Crippen molar-refractivity contribution >= 4 is 17.5 Å². The van der Waals surface area contributed by atoms with E-state index in [1.54, 1.807) is 19.2 Å². The van der Waals surface area contributed by atoms with E-state index in [1.807, 2.05) is 41.3 Å². The highest BCUT2D eigenvalue weighted by Crippen LogP contribution is 2.30. The number of aryl methyl sites for hydroxylation is 1. The van der Waals surface area contributed by atoms with Gasteiger partial charge in [-0.2, -0.15) is 0 Å².